The van der Waals surface area contributed by atoms with Crippen LogP contribution in [0.15, 0.2) is 12.2 Å². The largest absolute Gasteiger partial charge is 0.463 e. The van der Waals surface area contributed by atoms with Gasteiger partial charge in [-0.15, -0.1) is 11.6 Å². The zero-order chi connectivity index (χ0) is 15.1. The van der Waals surface area contributed by atoms with Crippen molar-refractivity contribution in [3.05, 3.63) is 12.2 Å². The number of carbonyl (C=O) groups is 2. The lowest BCUT2D eigenvalue weighted by Gasteiger charge is -2.02. The van der Waals surface area contributed by atoms with Gasteiger partial charge in [0.15, 0.2) is 0 Å². The molecule has 0 aromatic rings. The van der Waals surface area contributed by atoms with Gasteiger partial charge in [-0.25, -0.2) is 9.59 Å². The standard InChI is InChI=1S/C15H25ClO4/c1-2-3-4-5-6-7-8-12-19-14(17)9-10-15(18)20-13-11-16/h9-10H,2-8,11-13H2,1H3/b10-9+. The van der Waals surface area contributed by atoms with E-state index >= 15 is 0 Å². The van der Waals surface area contributed by atoms with Gasteiger partial charge >= 0.3 is 11.9 Å². The van der Waals surface area contributed by atoms with Crippen molar-refractivity contribution < 1.29 is 19.1 Å². The summed E-state index contributed by atoms with van der Waals surface area (Å²) in [6.07, 6.45) is 10.3. The Balaban J connectivity index is 3.44. The molecule has 0 aromatic carbocycles. The van der Waals surface area contributed by atoms with Gasteiger partial charge in [-0.05, 0) is 6.42 Å². The quantitative estimate of drug-likeness (QED) is 0.239. The normalized spacial score (nSPS) is 10.7. The molecule has 0 spiro atoms. The fraction of sp³-hybridized carbons (Fsp3) is 0.733. The van der Waals surface area contributed by atoms with Crippen LogP contribution in [0.2, 0.25) is 0 Å². The molecule has 0 N–H and O–H groups in total. The summed E-state index contributed by atoms with van der Waals surface area (Å²) in [5.74, 6) is -0.861. The van der Waals surface area contributed by atoms with Crippen molar-refractivity contribution in [1.29, 1.82) is 0 Å². The van der Waals surface area contributed by atoms with Gasteiger partial charge in [0.1, 0.15) is 6.61 Å². The number of alkyl halides is 1. The van der Waals surface area contributed by atoms with Gasteiger partial charge < -0.3 is 9.47 Å². The Kier molecular flexibility index (Phi) is 13.6. The van der Waals surface area contributed by atoms with E-state index in [0.717, 1.165) is 25.0 Å². The highest BCUT2D eigenvalue weighted by Crippen LogP contribution is 2.06. The fourth-order valence-corrected chi connectivity index (χ4v) is 1.68. The van der Waals surface area contributed by atoms with Crippen LogP contribution in [0, 0.1) is 0 Å². The molecule has 0 aliphatic rings. The number of hydrogen-bond acceptors (Lipinski definition) is 4. The molecule has 0 heterocycles. The van der Waals surface area contributed by atoms with Gasteiger partial charge in [0.2, 0.25) is 0 Å². The minimum Gasteiger partial charge on any atom is -0.463 e. The first-order valence-corrected chi connectivity index (χ1v) is 7.81. The zero-order valence-electron chi connectivity index (χ0n) is 12.2. The number of rotatable bonds is 12. The zero-order valence-corrected chi connectivity index (χ0v) is 13.0. The monoisotopic (exact) mass is 304 g/mol. The van der Waals surface area contributed by atoms with Gasteiger partial charge in [0, 0.05) is 12.2 Å². The minimum atomic E-state index is -0.585. The number of unbranched alkanes of at least 4 members (excludes halogenated alkanes) is 6. The van der Waals surface area contributed by atoms with E-state index in [1.54, 1.807) is 0 Å². The van der Waals surface area contributed by atoms with Gasteiger partial charge in [0.25, 0.3) is 0 Å². The summed E-state index contributed by atoms with van der Waals surface area (Å²) in [5.41, 5.74) is 0. The molecule has 0 saturated heterocycles. The van der Waals surface area contributed by atoms with E-state index in [1.807, 2.05) is 0 Å². The highest BCUT2D eigenvalue weighted by Gasteiger charge is 2.00. The van der Waals surface area contributed by atoms with Crippen molar-refractivity contribution in [3.63, 3.8) is 0 Å². The Labute approximate surface area is 126 Å². The van der Waals surface area contributed by atoms with Gasteiger partial charge in [-0.1, -0.05) is 45.4 Å². The van der Waals surface area contributed by atoms with Gasteiger partial charge in [-0.2, -0.15) is 0 Å². The Bertz CT molecular complexity index is 290. The Morgan fingerprint density at radius 2 is 1.35 bits per heavy atom. The summed E-state index contributed by atoms with van der Waals surface area (Å²) >= 11 is 5.35. The van der Waals surface area contributed by atoms with E-state index in [1.165, 1.54) is 32.1 Å². The Hall–Kier alpha value is -1.03. The fourth-order valence-electron chi connectivity index (χ4n) is 1.60. The van der Waals surface area contributed by atoms with E-state index in [0.29, 0.717) is 6.61 Å². The molecule has 0 aromatic heterocycles. The average Bonchev–Trinajstić information content (AvgIpc) is 2.45. The topological polar surface area (TPSA) is 52.6 Å². The lowest BCUT2D eigenvalue weighted by molar-refractivity contribution is -0.140. The van der Waals surface area contributed by atoms with Gasteiger partial charge in [0.05, 0.1) is 12.5 Å². The first-order valence-electron chi connectivity index (χ1n) is 7.28. The third-order valence-electron chi connectivity index (χ3n) is 2.67. The van der Waals surface area contributed by atoms with Crippen molar-refractivity contribution >= 4 is 23.5 Å². The number of hydrogen-bond donors (Lipinski definition) is 0. The highest BCUT2D eigenvalue weighted by molar-refractivity contribution is 6.18. The lowest BCUT2D eigenvalue weighted by Crippen LogP contribution is -2.06. The van der Waals surface area contributed by atoms with E-state index < -0.39 is 11.9 Å². The molecule has 0 saturated carbocycles. The summed E-state index contributed by atoms with van der Waals surface area (Å²) in [6.45, 7) is 2.73. The maximum absolute atomic E-state index is 11.3. The maximum Gasteiger partial charge on any atom is 0.331 e. The van der Waals surface area contributed by atoms with Crippen molar-refractivity contribution in [2.75, 3.05) is 19.1 Å². The second-order valence-electron chi connectivity index (χ2n) is 4.48. The van der Waals surface area contributed by atoms with Crippen molar-refractivity contribution in [3.8, 4) is 0 Å². The molecule has 0 rings (SSSR count). The third-order valence-corrected chi connectivity index (χ3v) is 2.82. The molecular weight excluding hydrogens is 280 g/mol. The van der Waals surface area contributed by atoms with E-state index in [9.17, 15) is 9.59 Å². The first-order chi connectivity index (χ1) is 9.70. The summed E-state index contributed by atoms with van der Waals surface area (Å²) in [6, 6.07) is 0. The summed E-state index contributed by atoms with van der Waals surface area (Å²) in [7, 11) is 0. The molecule has 0 atom stereocenters. The molecule has 20 heavy (non-hydrogen) atoms. The Morgan fingerprint density at radius 3 is 1.90 bits per heavy atom. The number of carbonyl (C=O) groups excluding carboxylic acids is 2. The lowest BCUT2D eigenvalue weighted by atomic mass is 10.1. The smallest absolute Gasteiger partial charge is 0.331 e. The average molecular weight is 305 g/mol. The van der Waals surface area contributed by atoms with Crippen LogP contribution in [-0.4, -0.2) is 31.0 Å². The maximum atomic E-state index is 11.3. The van der Waals surface area contributed by atoms with Crippen molar-refractivity contribution in [2.45, 2.75) is 51.9 Å². The number of halogens is 1. The molecule has 0 fully saturated rings. The van der Waals surface area contributed by atoms with Crippen LogP contribution in [-0.2, 0) is 19.1 Å². The molecule has 0 radical (unpaired) electrons. The Morgan fingerprint density at radius 1 is 0.850 bits per heavy atom. The van der Waals surface area contributed by atoms with Crippen LogP contribution in [0.3, 0.4) is 0 Å². The van der Waals surface area contributed by atoms with Crippen molar-refractivity contribution in [2.24, 2.45) is 0 Å². The van der Waals surface area contributed by atoms with E-state index in [2.05, 4.69) is 11.7 Å². The van der Waals surface area contributed by atoms with E-state index in [4.69, 9.17) is 16.3 Å². The molecule has 0 unspecified atom stereocenters. The van der Waals surface area contributed by atoms with Crippen molar-refractivity contribution in [1.82, 2.24) is 0 Å². The second-order valence-corrected chi connectivity index (χ2v) is 4.86. The summed E-state index contributed by atoms with van der Waals surface area (Å²) in [5, 5.41) is 0. The molecule has 116 valence electrons. The van der Waals surface area contributed by atoms with Gasteiger partial charge in [-0.3, -0.25) is 0 Å². The second kappa shape index (κ2) is 14.4. The molecule has 0 bridgehead atoms. The predicted molar refractivity (Wildman–Crippen MR) is 79.8 cm³/mol. The first kappa shape index (κ1) is 19.0. The van der Waals surface area contributed by atoms with Crippen LogP contribution in [0.1, 0.15) is 51.9 Å². The van der Waals surface area contributed by atoms with E-state index in [-0.39, 0.29) is 12.5 Å². The van der Waals surface area contributed by atoms with Crippen LogP contribution in [0.25, 0.3) is 0 Å². The van der Waals surface area contributed by atoms with Crippen LogP contribution < -0.4 is 0 Å². The predicted octanol–water partition coefficient (Wildman–Crippen LogP) is 3.62. The molecule has 0 aliphatic carbocycles. The summed E-state index contributed by atoms with van der Waals surface area (Å²) in [4.78, 5) is 22.3. The number of esters is 2. The third kappa shape index (κ3) is 13.4. The SMILES string of the molecule is CCCCCCCCCOC(=O)/C=C/C(=O)OCCCl. The molecule has 4 nitrogen and oxygen atoms in total. The molecule has 5 heteroatoms. The van der Waals surface area contributed by atoms with Crippen LogP contribution in [0.5, 0.6) is 0 Å². The highest BCUT2D eigenvalue weighted by atomic mass is 35.5. The van der Waals surface area contributed by atoms with Crippen LogP contribution in [0.4, 0.5) is 0 Å². The molecular formula is C15H25ClO4. The summed E-state index contributed by atoms with van der Waals surface area (Å²) < 4.78 is 9.63. The number of ether oxygens (including phenoxy) is 2. The minimum absolute atomic E-state index is 0.137. The molecule has 0 amide bonds. The van der Waals surface area contributed by atoms with Crippen LogP contribution >= 0.6 is 11.6 Å². The molecule has 0 aliphatic heterocycles.